The third kappa shape index (κ3) is 5.74. The minimum atomic E-state index is -4.89. The van der Waals surface area contributed by atoms with Gasteiger partial charge in [0.2, 0.25) is 11.1 Å². The monoisotopic (exact) mass is 498 g/mol. The molecule has 0 fully saturated rings. The van der Waals surface area contributed by atoms with Crippen molar-refractivity contribution in [1.82, 2.24) is 9.78 Å². The summed E-state index contributed by atoms with van der Waals surface area (Å²) in [5.74, 6) is -1.31. The van der Waals surface area contributed by atoms with Gasteiger partial charge in [-0.15, -0.1) is 13.2 Å². The van der Waals surface area contributed by atoms with Gasteiger partial charge in [-0.3, -0.25) is 4.79 Å². The second-order valence-corrected chi connectivity index (χ2v) is 9.86. The fourth-order valence-electron chi connectivity index (χ4n) is 3.13. The van der Waals surface area contributed by atoms with Crippen LogP contribution >= 0.6 is 0 Å². The number of esters is 1. The maximum Gasteiger partial charge on any atom is 0.573 e. The van der Waals surface area contributed by atoms with E-state index < -0.39 is 39.0 Å². The first kappa shape index (κ1) is 25.2. The fraction of sp³-hybridized carbons (Fsp3) is 0.318. The van der Waals surface area contributed by atoms with Crippen LogP contribution in [0.5, 0.6) is 5.75 Å². The van der Waals surface area contributed by atoms with E-state index in [0.29, 0.717) is 6.42 Å². The van der Waals surface area contributed by atoms with E-state index in [4.69, 9.17) is 4.74 Å². The van der Waals surface area contributed by atoms with Crippen molar-refractivity contribution in [3.05, 3.63) is 58.4 Å². The topological polar surface area (TPSA) is 105 Å². The first-order valence-corrected chi connectivity index (χ1v) is 12.0. The Hall–Kier alpha value is -3.41. The van der Waals surface area contributed by atoms with Crippen molar-refractivity contribution in [2.24, 2.45) is 5.92 Å². The summed E-state index contributed by atoms with van der Waals surface area (Å²) in [6, 6.07) is 8.50. The molecule has 2 aromatic carbocycles. The number of carbonyl (C=O) groups is 1. The van der Waals surface area contributed by atoms with E-state index in [0.717, 1.165) is 23.1 Å². The van der Waals surface area contributed by atoms with E-state index in [9.17, 15) is 31.2 Å². The van der Waals surface area contributed by atoms with Crippen LogP contribution in [0.1, 0.15) is 30.8 Å². The van der Waals surface area contributed by atoms with Crippen LogP contribution in [0, 0.1) is 5.92 Å². The molecule has 0 spiro atoms. The lowest BCUT2D eigenvalue weighted by atomic mass is 10.1. The molecule has 182 valence electrons. The lowest BCUT2D eigenvalue weighted by Gasteiger charge is -2.15. The standard InChI is InChI=1S/C22H21F3N2O6S/c1-13(2)11-12-32-21(29)19-20(28)18-16(5-4-6-17(18)34(3,30)31)27(26-19)14-7-9-15(10-8-14)33-22(23,24)25/h4-10,13H,11-12H2,1-3H3. The van der Waals surface area contributed by atoms with Gasteiger partial charge in [0.05, 0.1) is 28.1 Å². The van der Waals surface area contributed by atoms with Gasteiger partial charge in [-0.1, -0.05) is 19.9 Å². The summed E-state index contributed by atoms with van der Waals surface area (Å²) < 4.78 is 72.2. The molecule has 0 saturated heterocycles. The van der Waals surface area contributed by atoms with Crippen molar-refractivity contribution in [2.45, 2.75) is 31.5 Å². The highest BCUT2D eigenvalue weighted by atomic mass is 32.2. The van der Waals surface area contributed by atoms with Gasteiger partial charge in [-0.05, 0) is 48.7 Å². The molecule has 0 atom stereocenters. The summed E-state index contributed by atoms with van der Waals surface area (Å²) >= 11 is 0. The second kappa shape index (κ2) is 9.45. The van der Waals surface area contributed by atoms with Crippen molar-refractivity contribution >= 4 is 26.7 Å². The molecule has 0 saturated carbocycles. The first-order chi connectivity index (χ1) is 15.8. The van der Waals surface area contributed by atoms with Gasteiger partial charge in [0.15, 0.2) is 9.84 Å². The molecule has 0 aliphatic rings. The Bertz CT molecular complexity index is 1380. The van der Waals surface area contributed by atoms with Crippen LogP contribution in [-0.4, -0.2) is 43.4 Å². The van der Waals surface area contributed by atoms with Crippen molar-refractivity contribution in [3.8, 4) is 11.4 Å². The number of halogens is 3. The maximum atomic E-state index is 13.1. The largest absolute Gasteiger partial charge is 0.573 e. The number of ether oxygens (including phenoxy) is 2. The molecule has 8 nitrogen and oxygen atoms in total. The smallest absolute Gasteiger partial charge is 0.461 e. The van der Waals surface area contributed by atoms with Crippen LogP contribution < -0.4 is 10.2 Å². The molecule has 34 heavy (non-hydrogen) atoms. The van der Waals surface area contributed by atoms with E-state index in [1.807, 2.05) is 13.8 Å². The molecular formula is C22H21F3N2O6S. The molecule has 3 aromatic rings. The van der Waals surface area contributed by atoms with Gasteiger partial charge in [-0.25, -0.2) is 17.9 Å². The zero-order chi connectivity index (χ0) is 25.3. The number of nitrogens with zero attached hydrogens (tertiary/aromatic N) is 2. The van der Waals surface area contributed by atoms with Gasteiger partial charge in [-0.2, -0.15) is 5.10 Å². The van der Waals surface area contributed by atoms with Crippen LogP contribution in [0.3, 0.4) is 0 Å². The molecule has 0 aliphatic carbocycles. The fourth-order valence-corrected chi connectivity index (χ4v) is 4.02. The zero-order valence-electron chi connectivity index (χ0n) is 18.4. The van der Waals surface area contributed by atoms with E-state index >= 15 is 0 Å². The predicted molar refractivity (Wildman–Crippen MR) is 117 cm³/mol. The maximum absolute atomic E-state index is 13.1. The van der Waals surface area contributed by atoms with Gasteiger partial charge >= 0.3 is 12.3 Å². The highest BCUT2D eigenvalue weighted by molar-refractivity contribution is 7.91. The number of hydrogen-bond donors (Lipinski definition) is 0. The highest BCUT2D eigenvalue weighted by Gasteiger charge is 2.31. The number of benzene rings is 2. The second-order valence-electron chi connectivity index (χ2n) is 7.87. The number of sulfone groups is 1. The van der Waals surface area contributed by atoms with Gasteiger partial charge in [0.25, 0.3) is 0 Å². The number of carbonyl (C=O) groups excluding carboxylic acids is 1. The summed E-state index contributed by atoms with van der Waals surface area (Å²) in [6.07, 6.45) is -3.44. The van der Waals surface area contributed by atoms with E-state index in [1.165, 1.54) is 30.3 Å². The van der Waals surface area contributed by atoms with Crippen molar-refractivity contribution < 1.29 is 35.9 Å². The van der Waals surface area contributed by atoms with E-state index in [-0.39, 0.29) is 34.0 Å². The number of aromatic nitrogens is 2. The van der Waals surface area contributed by atoms with Gasteiger partial charge in [0.1, 0.15) is 5.75 Å². The number of hydrogen-bond acceptors (Lipinski definition) is 7. The SMILES string of the molecule is CC(C)CCOC(=O)c1nn(-c2ccc(OC(F)(F)F)cc2)c2cccc(S(C)(=O)=O)c2c1=O. The summed E-state index contributed by atoms with van der Waals surface area (Å²) in [4.78, 5) is 25.5. The first-order valence-electron chi connectivity index (χ1n) is 10.1. The number of alkyl halides is 3. The Balaban J connectivity index is 2.22. The van der Waals surface area contributed by atoms with Crippen LogP contribution in [0.15, 0.2) is 52.2 Å². The average Bonchev–Trinajstić information content (AvgIpc) is 2.72. The number of rotatable bonds is 7. The van der Waals surface area contributed by atoms with Gasteiger partial charge in [0, 0.05) is 6.26 Å². The Morgan fingerprint density at radius 2 is 1.76 bits per heavy atom. The molecule has 0 aliphatic heterocycles. The van der Waals surface area contributed by atoms with Crippen LogP contribution in [0.4, 0.5) is 13.2 Å². The van der Waals surface area contributed by atoms with Crippen LogP contribution in [0.25, 0.3) is 16.6 Å². The molecule has 0 amide bonds. The van der Waals surface area contributed by atoms with Crippen LogP contribution in [0.2, 0.25) is 0 Å². The van der Waals surface area contributed by atoms with Crippen molar-refractivity contribution in [2.75, 3.05) is 12.9 Å². The molecule has 0 radical (unpaired) electrons. The highest BCUT2D eigenvalue weighted by Crippen LogP contribution is 2.26. The molecule has 1 aromatic heterocycles. The lowest BCUT2D eigenvalue weighted by molar-refractivity contribution is -0.274. The molecule has 0 unspecified atom stereocenters. The summed E-state index contributed by atoms with van der Waals surface area (Å²) in [6.45, 7) is 3.85. The van der Waals surface area contributed by atoms with E-state index in [1.54, 1.807) is 0 Å². The predicted octanol–water partition coefficient (Wildman–Crippen LogP) is 3.89. The summed E-state index contributed by atoms with van der Waals surface area (Å²) in [5.41, 5.74) is -1.39. The quantitative estimate of drug-likeness (QED) is 0.455. The van der Waals surface area contributed by atoms with Gasteiger partial charge < -0.3 is 9.47 Å². The average molecular weight is 498 g/mol. The zero-order valence-corrected chi connectivity index (χ0v) is 19.2. The Labute approximate surface area is 192 Å². The lowest BCUT2D eigenvalue weighted by Crippen LogP contribution is -2.25. The summed E-state index contributed by atoms with van der Waals surface area (Å²) in [7, 11) is -3.89. The normalized spacial score (nSPS) is 12.2. The molecular weight excluding hydrogens is 477 g/mol. The Morgan fingerprint density at radius 1 is 1.12 bits per heavy atom. The van der Waals surface area contributed by atoms with Crippen molar-refractivity contribution in [1.29, 1.82) is 0 Å². The molecule has 12 heteroatoms. The molecule has 3 rings (SSSR count). The minimum Gasteiger partial charge on any atom is -0.461 e. The molecule has 0 bridgehead atoms. The van der Waals surface area contributed by atoms with E-state index in [2.05, 4.69) is 9.84 Å². The minimum absolute atomic E-state index is 0.0207. The number of fused-ring (bicyclic) bond motifs is 1. The Morgan fingerprint density at radius 3 is 2.32 bits per heavy atom. The molecule has 1 heterocycles. The van der Waals surface area contributed by atoms with Crippen molar-refractivity contribution in [3.63, 3.8) is 0 Å². The third-order valence-electron chi connectivity index (χ3n) is 4.71. The summed E-state index contributed by atoms with van der Waals surface area (Å²) in [5, 5.41) is 3.78. The third-order valence-corrected chi connectivity index (χ3v) is 5.85. The Kier molecular flexibility index (Phi) is 7.01. The molecule has 0 N–H and O–H groups in total. The van der Waals surface area contributed by atoms with Crippen LogP contribution in [-0.2, 0) is 14.6 Å².